The molecule has 2 aliphatic heterocycles. The van der Waals surface area contributed by atoms with Gasteiger partial charge in [-0.1, -0.05) is 20.8 Å². The van der Waals surface area contributed by atoms with Crippen molar-refractivity contribution in [2.24, 2.45) is 5.41 Å². The van der Waals surface area contributed by atoms with Crippen LogP contribution in [0.1, 0.15) is 63.7 Å². The monoisotopic (exact) mass is 459 g/mol. The second-order valence-corrected chi connectivity index (χ2v) is 10.3. The summed E-state index contributed by atoms with van der Waals surface area (Å²) in [5, 5.41) is 0. The number of likely N-dealkylation sites (tertiary alicyclic amines) is 1. The van der Waals surface area contributed by atoms with Crippen LogP contribution < -0.4 is 9.47 Å². The van der Waals surface area contributed by atoms with E-state index in [2.05, 4.69) is 25.7 Å². The third kappa shape index (κ3) is 7.63. The van der Waals surface area contributed by atoms with Gasteiger partial charge in [0.1, 0.15) is 0 Å². The van der Waals surface area contributed by atoms with Crippen molar-refractivity contribution in [3.63, 3.8) is 0 Å². The Labute approximate surface area is 199 Å². The van der Waals surface area contributed by atoms with Gasteiger partial charge in [-0.25, -0.2) is 0 Å². The van der Waals surface area contributed by atoms with E-state index in [0.29, 0.717) is 29.1 Å². The zero-order chi connectivity index (χ0) is 23.8. The lowest BCUT2D eigenvalue weighted by molar-refractivity contribution is -0.134. The minimum Gasteiger partial charge on any atom is -0.490 e. The first-order chi connectivity index (χ1) is 15.8. The summed E-state index contributed by atoms with van der Waals surface area (Å²) >= 11 is 0. The maximum Gasteiger partial charge on any atom is 0.260 e. The number of hydrogen-bond acceptors (Lipinski definition) is 5. The maximum atomic E-state index is 13.1. The first kappa shape index (κ1) is 25.3. The number of rotatable bonds is 8. The van der Waals surface area contributed by atoms with Crippen LogP contribution in [0.4, 0.5) is 0 Å². The quantitative estimate of drug-likeness (QED) is 0.594. The molecule has 0 spiro atoms. The molecule has 2 amide bonds. The van der Waals surface area contributed by atoms with Crippen molar-refractivity contribution >= 4 is 11.8 Å². The number of amides is 2. The lowest BCUT2D eigenvalue weighted by atomic mass is 9.92. The van der Waals surface area contributed by atoms with Crippen molar-refractivity contribution in [1.29, 1.82) is 0 Å². The van der Waals surface area contributed by atoms with Gasteiger partial charge >= 0.3 is 0 Å². The van der Waals surface area contributed by atoms with Crippen LogP contribution in [-0.2, 0) is 4.79 Å². The topological polar surface area (TPSA) is 62.3 Å². The summed E-state index contributed by atoms with van der Waals surface area (Å²) in [5.41, 5.74) is 0.918. The van der Waals surface area contributed by atoms with Gasteiger partial charge in [-0.3, -0.25) is 14.5 Å². The molecule has 0 N–H and O–H groups in total. The van der Waals surface area contributed by atoms with Gasteiger partial charge in [0, 0.05) is 44.8 Å². The van der Waals surface area contributed by atoms with Crippen molar-refractivity contribution in [2.75, 3.05) is 59.0 Å². The maximum absolute atomic E-state index is 13.1. The second-order valence-electron chi connectivity index (χ2n) is 10.3. The lowest BCUT2D eigenvalue weighted by Gasteiger charge is -2.36. The van der Waals surface area contributed by atoms with Crippen molar-refractivity contribution in [3.8, 4) is 11.5 Å². The zero-order valence-corrected chi connectivity index (χ0v) is 20.9. The average molecular weight is 460 g/mol. The number of carbonyl (C=O) groups is 2. The van der Waals surface area contributed by atoms with Gasteiger partial charge in [-0.15, -0.1) is 0 Å². The first-order valence-corrected chi connectivity index (χ1v) is 12.5. The largest absolute Gasteiger partial charge is 0.490 e. The Balaban J connectivity index is 1.56. The van der Waals surface area contributed by atoms with E-state index in [1.54, 1.807) is 18.2 Å². The molecular weight excluding hydrogens is 418 g/mol. The van der Waals surface area contributed by atoms with E-state index in [1.807, 2.05) is 16.7 Å². The molecule has 7 nitrogen and oxygen atoms in total. The average Bonchev–Trinajstić information content (AvgIpc) is 2.82. The molecule has 184 valence electrons. The first-order valence-electron chi connectivity index (χ1n) is 12.5. The Kier molecular flexibility index (Phi) is 9.01. The Hall–Kier alpha value is -2.28. The van der Waals surface area contributed by atoms with Crippen molar-refractivity contribution < 1.29 is 19.1 Å². The van der Waals surface area contributed by atoms with E-state index in [4.69, 9.17) is 9.47 Å². The molecule has 0 aromatic heterocycles. The standard InChI is InChI=1S/C26H41N3O4/c1-5-32-23-19-21(9-10-22(23)33-20-24(30)28-12-7-6-8-13-28)25(31)29-17-15-27(16-18-29)14-11-26(2,3)4/h9-10,19H,5-8,11-18,20H2,1-4H3. The van der Waals surface area contributed by atoms with E-state index in [0.717, 1.165) is 65.1 Å². The third-order valence-corrected chi connectivity index (χ3v) is 6.39. The van der Waals surface area contributed by atoms with Crippen LogP contribution >= 0.6 is 0 Å². The van der Waals surface area contributed by atoms with Crippen LogP contribution in [0.2, 0.25) is 0 Å². The minimum atomic E-state index is -0.0100. The SMILES string of the molecule is CCOc1cc(C(=O)N2CCN(CCC(C)(C)C)CC2)ccc1OCC(=O)N1CCCCC1. The van der Waals surface area contributed by atoms with Crippen molar-refractivity contribution in [3.05, 3.63) is 23.8 Å². The molecule has 33 heavy (non-hydrogen) atoms. The molecule has 1 aromatic rings. The van der Waals surface area contributed by atoms with Crippen LogP contribution in [-0.4, -0.2) is 85.5 Å². The van der Waals surface area contributed by atoms with Gasteiger partial charge in [-0.2, -0.15) is 0 Å². The summed E-state index contributed by atoms with van der Waals surface area (Å²) in [5.74, 6) is 1.04. The van der Waals surface area contributed by atoms with Gasteiger partial charge in [-0.05, 0) is 62.8 Å². The smallest absolute Gasteiger partial charge is 0.260 e. The summed E-state index contributed by atoms with van der Waals surface area (Å²) in [7, 11) is 0. The Bertz CT molecular complexity index is 791. The van der Waals surface area contributed by atoms with E-state index in [9.17, 15) is 9.59 Å². The minimum absolute atomic E-state index is 0.00151. The van der Waals surface area contributed by atoms with Crippen LogP contribution in [0.15, 0.2) is 18.2 Å². The van der Waals surface area contributed by atoms with Crippen LogP contribution in [0.25, 0.3) is 0 Å². The molecule has 2 aliphatic rings. The molecule has 2 heterocycles. The third-order valence-electron chi connectivity index (χ3n) is 6.39. The van der Waals surface area contributed by atoms with Crippen LogP contribution in [0.3, 0.4) is 0 Å². The number of ether oxygens (including phenoxy) is 2. The number of piperidine rings is 1. The highest BCUT2D eigenvalue weighted by Gasteiger charge is 2.24. The van der Waals surface area contributed by atoms with Gasteiger partial charge in [0.05, 0.1) is 6.61 Å². The predicted molar refractivity (Wildman–Crippen MR) is 130 cm³/mol. The fraction of sp³-hybridized carbons (Fsp3) is 0.692. The van der Waals surface area contributed by atoms with Crippen LogP contribution in [0, 0.1) is 5.41 Å². The molecule has 2 fully saturated rings. The molecule has 1 aromatic carbocycles. The highest BCUT2D eigenvalue weighted by molar-refractivity contribution is 5.95. The Morgan fingerprint density at radius 2 is 1.58 bits per heavy atom. The van der Waals surface area contributed by atoms with Gasteiger partial charge in [0.15, 0.2) is 18.1 Å². The number of carbonyl (C=O) groups excluding carboxylic acids is 2. The fourth-order valence-electron chi connectivity index (χ4n) is 4.25. The Morgan fingerprint density at radius 3 is 2.21 bits per heavy atom. The number of piperazine rings is 1. The van der Waals surface area contributed by atoms with Crippen LogP contribution in [0.5, 0.6) is 11.5 Å². The molecule has 0 unspecified atom stereocenters. The number of nitrogens with zero attached hydrogens (tertiary/aromatic N) is 3. The summed E-state index contributed by atoms with van der Waals surface area (Å²) in [6, 6.07) is 5.28. The lowest BCUT2D eigenvalue weighted by Crippen LogP contribution is -2.49. The fourth-order valence-corrected chi connectivity index (χ4v) is 4.25. The van der Waals surface area contributed by atoms with Gasteiger partial charge < -0.3 is 19.3 Å². The molecule has 0 bridgehead atoms. The molecular formula is C26H41N3O4. The summed E-state index contributed by atoms with van der Waals surface area (Å²) in [6.07, 6.45) is 4.44. The highest BCUT2D eigenvalue weighted by Crippen LogP contribution is 2.29. The molecule has 0 saturated carbocycles. The van der Waals surface area contributed by atoms with Gasteiger partial charge in [0.25, 0.3) is 11.8 Å². The van der Waals surface area contributed by atoms with Crippen molar-refractivity contribution in [2.45, 2.75) is 53.4 Å². The summed E-state index contributed by atoms with van der Waals surface area (Å²) in [4.78, 5) is 31.8. The molecule has 0 radical (unpaired) electrons. The number of benzene rings is 1. The molecule has 7 heteroatoms. The molecule has 2 saturated heterocycles. The van der Waals surface area contributed by atoms with E-state index in [1.165, 1.54) is 6.42 Å². The van der Waals surface area contributed by atoms with Crippen molar-refractivity contribution in [1.82, 2.24) is 14.7 Å². The second kappa shape index (κ2) is 11.7. The molecule has 0 aliphatic carbocycles. The number of hydrogen-bond donors (Lipinski definition) is 0. The summed E-state index contributed by atoms with van der Waals surface area (Å²) < 4.78 is 11.6. The van der Waals surface area contributed by atoms with E-state index in [-0.39, 0.29) is 18.4 Å². The summed E-state index contributed by atoms with van der Waals surface area (Å²) in [6.45, 7) is 15.1. The zero-order valence-electron chi connectivity index (χ0n) is 20.9. The molecule has 3 rings (SSSR count). The van der Waals surface area contributed by atoms with E-state index < -0.39 is 0 Å². The van der Waals surface area contributed by atoms with Gasteiger partial charge in [0.2, 0.25) is 0 Å². The Morgan fingerprint density at radius 1 is 0.879 bits per heavy atom. The highest BCUT2D eigenvalue weighted by atomic mass is 16.5. The van der Waals surface area contributed by atoms with E-state index >= 15 is 0 Å². The molecule has 0 atom stereocenters. The normalized spacial score (nSPS) is 17.7. The predicted octanol–water partition coefficient (Wildman–Crippen LogP) is 3.67.